The summed E-state index contributed by atoms with van der Waals surface area (Å²) in [7, 11) is 0. The molecule has 5 nitrogen and oxygen atoms in total. The zero-order valence-corrected chi connectivity index (χ0v) is 17.6. The van der Waals surface area contributed by atoms with Gasteiger partial charge in [0.05, 0.1) is 23.6 Å². The van der Waals surface area contributed by atoms with E-state index in [0.717, 1.165) is 60.4 Å². The molecular weight excluding hydrogens is 372 g/mol. The predicted octanol–water partition coefficient (Wildman–Crippen LogP) is 3.61. The predicted molar refractivity (Wildman–Crippen MR) is 118 cm³/mol. The third kappa shape index (κ3) is 4.19. The van der Waals surface area contributed by atoms with Crippen LogP contribution in [0.2, 0.25) is 0 Å². The zero-order valence-electron chi connectivity index (χ0n) is 17.6. The fraction of sp³-hybridized carbons (Fsp3) is 0.320. The maximum Gasteiger partial charge on any atom is 0.227 e. The van der Waals surface area contributed by atoms with Crippen LogP contribution in [0.5, 0.6) is 0 Å². The molecule has 0 spiro atoms. The van der Waals surface area contributed by atoms with Gasteiger partial charge in [0.15, 0.2) is 0 Å². The number of hydrogen-bond donors (Lipinski definition) is 0. The molecule has 1 amide bonds. The number of carbonyl (C=O) groups is 1. The largest absolute Gasteiger partial charge is 0.340 e. The molecule has 5 heteroatoms. The highest BCUT2D eigenvalue weighted by Crippen LogP contribution is 2.23. The second kappa shape index (κ2) is 8.64. The van der Waals surface area contributed by atoms with E-state index in [1.165, 1.54) is 5.56 Å². The molecule has 1 saturated heterocycles. The van der Waals surface area contributed by atoms with Gasteiger partial charge in [0.1, 0.15) is 0 Å². The van der Waals surface area contributed by atoms with E-state index in [9.17, 15) is 4.79 Å². The van der Waals surface area contributed by atoms with Crippen LogP contribution in [0.3, 0.4) is 0 Å². The number of amides is 1. The monoisotopic (exact) mass is 398 g/mol. The Morgan fingerprint density at radius 3 is 2.43 bits per heavy atom. The molecule has 0 atom stereocenters. The highest BCUT2D eigenvalue weighted by Gasteiger charge is 2.23. The number of para-hydroxylation sites is 1. The quantitative estimate of drug-likeness (QED) is 0.674. The standard InChI is InChI=1S/C25H26N4O/c1-18-22-5-3-4-6-24(22)27-19(2)23(18)15-25(30)29-13-11-28(12-14-29)17-21-9-7-20(16-26)8-10-21/h3-10H,11-15,17H2,1-2H3. The summed E-state index contributed by atoms with van der Waals surface area (Å²) in [5.74, 6) is 0.177. The average Bonchev–Trinajstić information content (AvgIpc) is 2.77. The van der Waals surface area contributed by atoms with Gasteiger partial charge in [-0.25, -0.2) is 0 Å². The van der Waals surface area contributed by atoms with Crippen molar-refractivity contribution in [1.29, 1.82) is 5.26 Å². The minimum atomic E-state index is 0.177. The molecule has 2 heterocycles. The Labute approximate surface area is 177 Å². The molecule has 1 aliphatic heterocycles. The summed E-state index contributed by atoms with van der Waals surface area (Å²) in [6, 6.07) is 18.0. The molecule has 0 saturated carbocycles. The number of nitriles is 1. The fourth-order valence-electron chi connectivity index (χ4n) is 4.19. The summed E-state index contributed by atoms with van der Waals surface area (Å²) >= 11 is 0. The summed E-state index contributed by atoms with van der Waals surface area (Å²) in [6.07, 6.45) is 0.408. The van der Waals surface area contributed by atoms with Crippen molar-refractivity contribution in [3.8, 4) is 6.07 Å². The molecule has 1 aliphatic rings. The molecule has 0 radical (unpaired) electrons. The van der Waals surface area contributed by atoms with Gasteiger partial charge in [-0.05, 0) is 48.7 Å². The van der Waals surface area contributed by atoms with E-state index in [1.807, 2.05) is 54.3 Å². The first-order valence-corrected chi connectivity index (χ1v) is 10.4. The van der Waals surface area contributed by atoms with Crippen molar-refractivity contribution in [2.24, 2.45) is 0 Å². The molecule has 30 heavy (non-hydrogen) atoms. The second-order valence-electron chi connectivity index (χ2n) is 7.96. The Morgan fingerprint density at radius 2 is 1.73 bits per heavy atom. The molecular formula is C25H26N4O. The van der Waals surface area contributed by atoms with E-state index in [1.54, 1.807) is 0 Å². The Kier molecular flexibility index (Phi) is 5.78. The summed E-state index contributed by atoms with van der Waals surface area (Å²) in [4.78, 5) is 22.0. The summed E-state index contributed by atoms with van der Waals surface area (Å²) in [6.45, 7) is 8.15. The van der Waals surface area contributed by atoms with Crippen LogP contribution in [0.1, 0.15) is 27.9 Å². The average molecular weight is 399 g/mol. The summed E-state index contributed by atoms with van der Waals surface area (Å²) in [5, 5.41) is 10.0. The first-order valence-electron chi connectivity index (χ1n) is 10.4. The molecule has 3 aromatic rings. The van der Waals surface area contributed by atoms with E-state index in [0.29, 0.717) is 12.0 Å². The highest BCUT2D eigenvalue weighted by atomic mass is 16.2. The van der Waals surface area contributed by atoms with E-state index in [2.05, 4.69) is 24.0 Å². The van der Waals surface area contributed by atoms with Crippen molar-refractivity contribution < 1.29 is 4.79 Å². The third-order valence-electron chi connectivity index (χ3n) is 6.03. The summed E-state index contributed by atoms with van der Waals surface area (Å²) in [5.41, 5.74) is 6.02. The van der Waals surface area contributed by atoms with Crippen LogP contribution in [0.4, 0.5) is 0 Å². The third-order valence-corrected chi connectivity index (χ3v) is 6.03. The van der Waals surface area contributed by atoms with Crippen LogP contribution < -0.4 is 0 Å². The van der Waals surface area contributed by atoms with Crippen LogP contribution >= 0.6 is 0 Å². The number of hydrogen-bond acceptors (Lipinski definition) is 4. The molecule has 0 bridgehead atoms. The summed E-state index contributed by atoms with van der Waals surface area (Å²) < 4.78 is 0. The molecule has 0 unspecified atom stereocenters. The smallest absolute Gasteiger partial charge is 0.227 e. The van der Waals surface area contributed by atoms with Crippen LogP contribution in [-0.2, 0) is 17.8 Å². The number of aryl methyl sites for hydroxylation is 2. The Bertz CT molecular complexity index is 1110. The van der Waals surface area contributed by atoms with Crippen molar-refractivity contribution in [3.05, 3.63) is 76.5 Å². The first-order chi connectivity index (χ1) is 14.5. The number of piperazine rings is 1. The van der Waals surface area contributed by atoms with Gasteiger partial charge in [0.25, 0.3) is 0 Å². The van der Waals surface area contributed by atoms with Gasteiger partial charge in [-0.2, -0.15) is 5.26 Å². The second-order valence-corrected chi connectivity index (χ2v) is 7.96. The van der Waals surface area contributed by atoms with Gasteiger partial charge < -0.3 is 4.90 Å². The zero-order chi connectivity index (χ0) is 21.1. The van der Waals surface area contributed by atoms with Crippen LogP contribution in [0.15, 0.2) is 48.5 Å². The van der Waals surface area contributed by atoms with E-state index in [-0.39, 0.29) is 5.91 Å². The molecule has 0 aliphatic carbocycles. The first kappa shape index (κ1) is 20.1. The van der Waals surface area contributed by atoms with Crippen LogP contribution in [0, 0.1) is 25.2 Å². The lowest BCUT2D eigenvalue weighted by molar-refractivity contribution is -0.132. The maximum absolute atomic E-state index is 13.0. The van der Waals surface area contributed by atoms with Gasteiger partial charge in [-0.1, -0.05) is 30.3 Å². The number of nitrogens with zero attached hydrogens (tertiary/aromatic N) is 4. The molecule has 4 rings (SSSR count). The van der Waals surface area contributed by atoms with Crippen LogP contribution in [-0.4, -0.2) is 46.9 Å². The number of rotatable bonds is 4. The number of carbonyl (C=O) groups excluding carboxylic acids is 1. The highest BCUT2D eigenvalue weighted by molar-refractivity contribution is 5.86. The van der Waals surface area contributed by atoms with E-state index < -0.39 is 0 Å². The maximum atomic E-state index is 13.0. The molecule has 1 aromatic heterocycles. The van der Waals surface area contributed by atoms with Gasteiger partial charge >= 0.3 is 0 Å². The molecule has 1 fully saturated rings. The lowest BCUT2D eigenvalue weighted by Crippen LogP contribution is -2.48. The van der Waals surface area contributed by atoms with Gasteiger partial charge in [0.2, 0.25) is 5.91 Å². The normalized spacial score (nSPS) is 14.6. The number of pyridine rings is 1. The number of aromatic nitrogens is 1. The Morgan fingerprint density at radius 1 is 1.03 bits per heavy atom. The fourth-order valence-corrected chi connectivity index (χ4v) is 4.19. The molecule has 0 N–H and O–H groups in total. The Hall–Kier alpha value is -3.23. The minimum Gasteiger partial charge on any atom is -0.340 e. The van der Waals surface area contributed by atoms with Crippen LogP contribution in [0.25, 0.3) is 10.9 Å². The molecule has 152 valence electrons. The van der Waals surface area contributed by atoms with Crippen molar-refractivity contribution >= 4 is 16.8 Å². The van der Waals surface area contributed by atoms with Crippen molar-refractivity contribution in [2.45, 2.75) is 26.8 Å². The lowest BCUT2D eigenvalue weighted by Gasteiger charge is -2.35. The van der Waals surface area contributed by atoms with E-state index in [4.69, 9.17) is 10.2 Å². The number of fused-ring (bicyclic) bond motifs is 1. The molecule has 2 aromatic carbocycles. The van der Waals surface area contributed by atoms with Gasteiger partial charge in [-0.15, -0.1) is 0 Å². The number of benzene rings is 2. The lowest BCUT2D eigenvalue weighted by atomic mass is 9.99. The van der Waals surface area contributed by atoms with Gasteiger partial charge in [-0.3, -0.25) is 14.7 Å². The SMILES string of the molecule is Cc1nc2ccccc2c(C)c1CC(=O)N1CCN(Cc2ccc(C#N)cc2)CC1. The van der Waals surface area contributed by atoms with Crippen molar-refractivity contribution in [2.75, 3.05) is 26.2 Å². The van der Waals surface area contributed by atoms with Gasteiger partial charge in [0, 0.05) is 43.8 Å². The van der Waals surface area contributed by atoms with Crippen molar-refractivity contribution in [3.63, 3.8) is 0 Å². The topological polar surface area (TPSA) is 60.2 Å². The minimum absolute atomic E-state index is 0.177. The Balaban J connectivity index is 1.38. The van der Waals surface area contributed by atoms with E-state index >= 15 is 0 Å². The van der Waals surface area contributed by atoms with Crippen molar-refractivity contribution in [1.82, 2.24) is 14.8 Å².